The Morgan fingerprint density at radius 2 is 1.79 bits per heavy atom. The fourth-order valence-electron chi connectivity index (χ4n) is 1.61. The Bertz CT molecular complexity index is 393. The Morgan fingerprint density at radius 1 is 1.21 bits per heavy atom. The van der Waals surface area contributed by atoms with Gasteiger partial charge in [-0.25, -0.2) is 0 Å². The summed E-state index contributed by atoms with van der Waals surface area (Å²) < 4.78 is 10.2. The number of methoxy groups -OCH3 is 1. The highest BCUT2D eigenvalue weighted by molar-refractivity contribution is 5.72. The molecule has 1 aromatic carbocycles. The maximum absolute atomic E-state index is 11.1. The van der Waals surface area contributed by atoms with Gasteiger partial charge in [-0.1, -0.05) is 26.0 Å². The predicted octanol–water partition coefficient (Wildman–Crippen LogP) is 2.33. The van der Waals surface area contributed by atoms with Gasteiger partial charge in [-0.3, -0.25) is 4.79 Å². The Labute approximate surface area is 114 Å². The first-order chi connectivity index (χ1) is 9.03. The van der Waals surface area contributed by atoms with Crippen LogP contribution in [-0.2, 0) is 16.0 Å². The monoisotopic (exact) mass is 266 g/mol. The lowest BCUT2D eigenvalue weighted by Gasteiger charge is -2.25. The lowest BCUT2D eigenvalue weighted by molar-refractivity contribution is -0.139. The molecule has 106 valence electrons. The van der Waals surface area contributed by atoms with Gasteiger partial charge in [-0.05, 0) is 30.5 Å². The van der Waals surface area contributed by atoms with E-state index in [0.717, 1.165) is 5.56 Å². The molecule has 0 heterocycles. The van der Waals surface area contributed by atoms with E-state index in [0.29, 0.717) is 18.6 Å². The third-order valence-corrected chi connectivity index (χ3v) is 3.32. The first-order valence-electron chi connectivity index (χ1n) is 6.54. The van der Waals surface area contributed by atoms with Crippen LogP contribution in [0.1, 0.15) is 32.3 Å². The van der Waals surface area contributed by atoms with Crippen LogP contribution in [0.5, 0.6) is 5.75 Å². The van der Waals surface area contributed by atoms with Gasteiger partial charge in [0, 0.05) is 0 Å². The Hall–Kier alpha value is -1.55. The number of benzene rings is 1. The molecule has 0 aliphatic rings. The second-order valence-corrected chi connectivity index (χ2v) is 4.62. The standard InChI is InChI=1S/C15H22O4/c1-4-15(17,5-2)11-19-13-8-6-12(7-9-13)10-14(16)18-3/h6-9,17H,4-5,10-11H2,1-3H3. The van der Waals surface area contributed by atoms with Crippen molar-refractivity contribution in [2.75, 3.05) is 13.7 Å². The molecular weight excluding hydrogens is 244 g/mol. The van der Waals surface area contributed by atoms with E-state index in [1.807, 2.05) is 26.0 Å². The molecule has 0 saturated carbocycles. The van der Waals surface area contributed by atoms with E-state index >= 15 is 0 Å². The summed E-state index contributed by atoms with van der Waals surface area (Å²) in [5.41, 5.74) is 0.102. The van der Waals surface area contributed by atoms with Gasteiger partial charge in [0.05, 0.1) is 19.1 Å². The van der Waals surface area contributed by atoms with Crippen molar-refractivity contribution >= 4 is 5.97 Å². The maximum Gasteiger partial charge on any atom is 0.309 e. The number of carbonyl (C=O) groups is 1. The van der Waals surface area contributed by atoms with Gasteiger partial charge in [0.2, 0.25) is 0 Å². The maximum atomic E-state index is 11.1. The summed E-state index contributed by atoms with van der Waals surface area (Å²) in [5.74, 6) is 0.425. The molecule has 0 atom stereocenters. The highest BCUT2D eigenvalue weighted by atomic mass is 16.5. The van der Waals surface area contributed by atoms with E-state index < -0.39 is 5.60 Å². The topological polar surface area (TPSA) is 55.8 Å². The smallest absolute Gasteiger partial charge is 0.309 e. The summed E-state index contributed by atoms with van der Waals surface area (Å²) >= 11 is 0. The molecule has 0 unspecified atom stereocenters. The molecule has 1 rings (SSSR count). The van der Waals surface area contributed by atoms with Crippen molar-refractivity contribution in [3.8, 4) is 5.75 Å². The Balaban J connectivity index is 2.55. The average Bonchev–Trinajstić information content (AvgIpc) is 2.46. The van der Waals surface area contributed by atoms with Gasteiger partial charge < -0.3 is 14.6 Å². The van der Waals surface area contributed by atoms with Gasteiger partial charge >= 0.3 is 5.97 Å². The zero-order valence-corrected chi connectivity index (χ0v) is 11.8. The number of ether oxygens (including phenoxy) is 2. The minimum atomic E-state index is -0.773. The molecule has 0 aromatic heterocycles. The van der Waals surface area contributed by atoms with Crippen LogP contribution in [0, 0.1) is 0 Å². The lowest BCUT2D eigenvalue weighted by atomic mass is 9.99. The van der Waals surface area contributed by atoms with Crippen molar-refractivity contribution in [2.24, 2.45) is 0 Å². The summed E-state index contributed by atoms with van der Waals surface area (Å²) in [6.45, 7) is 4.15. The Morgan fingerprint density at radius 3 is 2.26 bits per heavy atom. The molecule has 0 radical (unpaired) electrons. The lowest BCUT2D eigenvalue weighted by Crippen LogP contribution is -2.34. The zero-order chi connectivity index (χ0) is 14.3. The van der Waals surface area contributed by atoms with Gasteiger partial charge in [0.15, 0.2) is 0 Å². The van der Waals surface area contributed by atoms with Gasteiger partial charge in [0.25, 0.3) is 0 Å². The fourth-order valence-corrected chi connectivity index (χ4v) is 1.61. The first-order valence-corrected chi connectivity index (χ1v) is 6.54. The van der Waals surface area contributed by atoms with E-state index in [9.17, 15) is 9.90 Å². The predicted molar refractivity (Wildman–Crippen MR) is 73.2 cm³/mol. The fraction of sp³-hybridized carbons (Fsp3) is 0.533. The molecule has 0 aliphatic heterocycles. The Kier molecular flexibility index (Phi) is 5.83. The van der Waals surface area contributed by atoms with Crippen LogP contribution in [-0.4, -0.2) is 30.4 Å². The van der Waals surface area contributed by atoms with Crippen molar-refractivity contribution in [3.63, 3.8) is 0 Å². The molecule has 0 saturated heterocycles. The van der Waals surface area contributed by atoms with Crippen LogP contribution < -0.4 is 4.74 Å². The van der Waals surface area contributed by atoms with E-state index in [-0.39, 0.29) is 19.0 Å². The molecule has 0 spiro atoms. The van der Waals surface area contributed by atoms with Gasteiger partial charge in [0.1, 0.15) is 12.4 Å². The molecule has 4 heteroatoms. The summed E-state index contributed by atoms with van der Waals surface area (Å²) in [5, 5.41) is 10.1. The number of hydrogen-bond acceptors (Lipinski definition) is 4. The van der Waals surface area contributed by atoms with Crippen molar-refractivity contribution in [2.45, 2.75) is 38.7 Å². The van der Waals surface area contributed by atoms with Gasteiger partial charge in [-0.2, -0.15) is 0 Å². The quantitative estimate of drug-likeness (QED) is 0.770. The molecule has 0 fully saturated rings. The number of rotatable bonds is 7. The first kappa shape index (κ1) is 15.5. The largest absolute Gasteiger partial charge is 0.491 e. The summed E-state index contributed by atoms with van der Waals surface area (Å²) in [4.78, 5) is 11.1. The van der Waals surface area contributed by atoms with E-state index in [1.165, 1.54) is 7.11 Å². The van der Waals surface area contributed by atoms with Crippen LogP contribution in [0.2, 0.25) is 0 Å². The summed E-state index contributed by atoms with van der Waals surface area (Å²) in [7, 11) is 1.37. The van der Waals surface area contributed by atoms with E-state index in [4.69, 9.17) is 4.74 Å². The minimum Gasteiger partial charge on any atom is -0.491 e. The molecule has 19 heavy (non-hydrogen) atoms. The minimum absolute atomic E-state index is 0.255. The number of aliphatic hydroxyl groups is 1. The summed E-state index contributed by atoms with van der Waals surface area (Å²) in [6, 6.07) is 7.24. The molecular formula is C15H22O4. The van der Waals surface area contributed by atoms with Gasteiger partial charge in [-0.15, -0.1) is 0 Å². The van der Waals surface area contributed by atoms with Crippen molar-refractivity contribution in [3.05, 3.63) is 29.8 Å². The number of esters is 1. The zero-order valence-electron chi connectivity index (χ0n) is 11.8. The van der Waals surface area contributed by atoms with E-state index in [2.05, 4.69) is 4.74 Å². The van der Waals surface area contributed by atoms with Crippen LogP contribution in [0.15, 0.2) is 24.3 Å². The SMILES string of the molecule is CCC(O)(CC)COc1ccc(CC(=O)OC)cc1. The molecule has 0 aliphatic carbocycles. The van der Waals surface area contributed by atoms with Crippen LogP contribution >= 0.6 is 0 Å². The highest BCUT2D eigenvalue weighted by Crippen LogP contribution is 2.19. The van der Waals surface area contributed by atoms with Crippen LogP contribution in [0.25, 0.3) is 0 Å². The number of hydrogen-bond donors (Lipinski definition) is 1. The second-order valence-electron chi connectivity index (χ2n) is 4.62. The molecule has 0 bridgehead atoms. The molecule has 1 N–H and O–H groups in total. The molecule has 0 amide bonds. The third kappa shape index (κ3) is 4.91. The van der Waals surface area contributed by atoms with Crippen LogP contribution in [0.4, 0.5) is 0 Å². The normalized spacial score (nSPS) is 11.2. The molecule has 1 aromatic rings. The van der Waals surface area contributed by atoms with E-state index in [1.54, 1.807) is 12.1 Å². The van der Waals surface area contributed by atoms with Crippen molar-refractivity contribution in [1.29, 1.82) is 0 Å². The van der Waals surface area contributed by atoms with Crippen molar-refractivity contribution < 1.29 is 19.4 Å². The van der Waals surface area contributed by atoms with Crippen molar-refractivity contribution in [1.82, 2.24) is 0 Å². The number of carbonyl (C=O) groups excluding carboxylic acids is 1. The third-order valence-electron chi connectivity index (χ3n) is 3.32. The second kappa shape index (κ2) is 7.14. The molecule has 4 nitrogen and oxygen atoms in total. The highest BCUT2D eigenvalue weighted by Gasteiger charge is 2.22. The van der Waals surface area contributed by atoms with Crippen LogP contribution in [0.3, 0.4) is 0 Å². The summed E-state index contributed by atoms with van der Waals surface area (Å²) in [6.07, 6.45) is 1.57. The average molecular weight is 266 g/mol.